The van der Waals surface area contributed by atoms with E-state index in [1.54, 1.807) is 0 Å². The van der Waals surface area contributed by atoms with E-state index in [1.807, 2.05) is 18.2 Å². The molecule has 0 amide bonds. The summed E-state index contributed by atoms with van der Waals surface area (Å²) in [5.74, 6) is 0.889. The topological polar surface area (TPSA) is 39.7 Å². The van der Waals surface area contributed by atoms with Crippen LogP contribution in [0.2, 0.25) is 0 Å². The molecule has 0 aliphatic rings. The molecule has 0 aliphatic carbocycles. The van der Waals surface area contributed by atoms with E-state index in [-0.39, 0.29) is 24.0 Å². The first-order valence-corrected chi connectivity index (χ1v) is 8.01. The first kappa shape index (κ1) is 21.2. The average molecular weight is 418 g/mol. The number of likely N-dealkylation sites (N-methyl/N-ethyl adjacent to an activating group) is 1. The first-order chi connectivity index (χ1) is 10.2. The number of guanidine groups is 1. The van der Waals surface area contributed by atoms with Crippen molar-refractivity contribution in [2.45, 2.75) is 40.3 Å². The van der Waals surface area contributed by atoms with E-state index in [9.17, 15) is 0 Å². The van der Waals surface area contributed by atoms with Crippen molar-refractivity contribution >= 4 is 29.9 Å². The minimum absolute atomic E-state index is 0. The summed E-state index contributed by atoms with van der Waals surface area (Å²) < 4.78 is 0. The summed E-state index contributed by atoms with van der Waals surface area (Å²) in [6.45, 7) is 13.4. The van der Waals surface area contributed by atoms with Crippen molar-refractivity contribution in [3.8, 4) is 0 Å². The number of halogens is 1. The third kappa shape index (κ3) is 7.98. The zero-order chi connectivity index (χ0) is 15.5. The van der Waals surface area contributed by atoms with Gasteiger partial charge in [0.2, 0.25) is 0 Å². The Balaban J connectivity index is 0.00000441. The lowest BCUT2D eigenvalue weighted by atomic mass is 10.2. The predicted octanol–water partition coefficient (Wildman–Crippen LogP) is 3.09. The van der Waals surface area contributed by atoms with E-state index in [2.05, 4.69) is 60.4 Å². The van der Waals surface area contributed by atoms with Crippen molar-refractivity contribution in [2.24, 2.45) is 4.99 Å². The molecule has 4 nitrogen and oxygen atoms in total. The van der Waals surface area contributed by atoms with E-state index in [4.69, 9.17) is 0 Å². The summed E-state index contributed by atoms with van der Waals surface area (Å²) in [6.07, 6.45) is 0. The van der Waals surface area contributed by atoms with Crippen molar-refractivity contribution in [3.05, 3.63) is 35.9 Å². The van der Waals surface area contributed by atoms with Crippen molar-refractivity contribution in [2.75, 3.05) is 26.2 Å². The Kier molecular flexibility index (Phi) is 12.2. The van der Waals surface area contributed by atoms with Crippen molar-refractivity contribution in [1.29, 1.82) is 0 Å². The van der Waals surface area contributed by atoms with E-state index in [0.717, 1.165) is 32.1 Å². The summed E-state index contributed by atoms with van der Waals surface area (Å²) >= 11 is 0. The Morgan fingerprint density at radius 2 is 1.73 bits per heavy atom. The van der Waals surface area contributed by atoms with Gasteiger partial charge in [0.05, 0.1) is 6.54 Å². The van der Waals surface area contributed by atoms with Gasteiger partial charge in [-0.15, -0.1) is 24.0 Å². The van der Waals surface area contributed by atoms with E-state index >= 15 is 0 Å². The Bertz CT molecular complexity index is 404. The minimum atomic E-state index is 0. The number of nitrogens with zero attached hydrogens (tertiary/aromatic N) is 2. The molecule has 0 fully saturated rings. The van der Waals surface area contributed by atoms with Gasteiger partial charge in [-0.1, -0.05) is 44.2 Å². The third-order valence-electron chi connectivity index (χ3n) is 3.61. The van der Waals surface area contributed by atoms with Gasteiger partial charge in [0.25, 0.3) is 0 Å². The van der Waals surface area contributed by atoms with E-state index in [1.165, 1.54) is 5.56 Å². The molecular formula is C17H31IN4. The van der Waals surface area contributed by atoms with Crippen LogP contribution >= 0.6 is 24.0 Å². The molecule has 0 spiro atoms. The molecular weight excluding hydrogens is 387 g/mol. The molecule has 5 heteroatoms. The Labute approximate surface area is 152 Å². The Morgan fingerprint density at radius 3 is 2.27 bits per heavy atom. The van der Waals surface area contributed by atoms with Crippen molar-refractivity contribution < 1.29 is 0 Å². The van der Waals surface area contributed by atoms with Crippen LogP contribution in [0.4, 0.5) is 0 Å². The maximum atomic E-state index is 4.64. The number of hydrogen-bond acceptors (Lipinski definition) is 2. The second-order valence-electron chi connectivity index (χ2n) is 5.13. The highest BCUT2D eigenvalue weighted by Gasteiger charge is 2.10. The molecule has 22 heavy (non-hydrogen) atoms. The SMILES string of the molecule is CCNC(=NCc1ccccc1)NCC(C)N(CC)CC.I. The fraction of sp³-hybridized carbons (Fsp3) is 0.588. The van der Waals surface area contributed by atoms with Gasteiger partial charge in [-0.25, -0.2) is 4.99 Å². The van der Waals surface area contributed by atoms with Gasteiger partial charge < -0.3 is 10.6 Å². The Morgan fingerprint density at radius 1 is 1.09 bits per heavy atom. The highest BCUT2D eigenvalue weighted by atomic mass is 127. The van der Waals surface area contributed by atoms with Crippen LogP contribution in [0.3, 0.4) is 0 Å². The molecule has 1 aromatic carbocycles. The van der Waals surface area contributed by atoms with Gasteiger partial charge in [-0.05, 0) is 32.5 Å². The van der Waals surface area contributed by atoms with Crippen LogP contribution in [0, 0.1) is 0 Å². The number of hydrogen-bond donors (Lipinski definition) is 2. The smallest absolute Gasteiger partial charge is 0.191 e. The maximum Gasteiger partial charge on any atom is 0.191 e. The summed E-state index contributed by atoms with van der Waals surface area (Å²) in [5.41, 5.74) is 1.23. The fourth-order valence-electron chi connectivity index (χ4n) is 2.32. The summed E-state index contributed by atoms with van der Waals surface area (Å²) in [7, 11) is 0. The fourth-order valence-corrected chi connectivity index (χ4v) is 2.32. The van der Waals surface area contributed by atoms with Crippen LogP contribution in [-0.2, 0) is 6.54 Å². The molecule has 0 saturated carbocycles. The Hall–Kier alpha value is -0.820. The quantitative estimate of drug-likeness (QED) is 0.387. The molecule has 0 aliphatic heterocycles. The second kappa shape index (κ2) is 12.7. The van der Waals surface area contributed by atoms with Gasteiger partial charge in [0, 0.05) is 19.1 Å². The first-order valence-electron chi connectivity index (χ1n) is 8.01. The lowest BCUT2D eigenvalue weighted by molar-refractivity contribution is 0.231. The molecule has 0 saturated heterocycles. The van der Waals surface area contributed by atoms with Gasteiger partial charge in [0.1, 0.15) is 0 Å². The number of benzene rings is 1. The molecule has 1 rings (SSSR count). The van der Waals surface area contributed by atoms with E-state index < -0.39 is 0 Å². The minimum Gasteiger partial charge on any atom is -0.357 e. The molecule has 0 heterocycles. The molecule has 1 unspecified atom stereocenters. The molecule has 0 radical (unpaired) electrons. The average Bonchev–Trinajstić information content (AvgIpc) is 2.52. The molecule has 126 valence electrons. The van der Waals surface area contributed by atoms with Crippen molar-refractivity contribution in [1.82, 2.24) is 15.5 Å². The number of aliphatic imine (C=N–C) groups is 1. The lowest BCUT2D eigenvalue weighted by Crippen LogP contribution is -2.45. The molecule has 1 atom stereocenters. The highest BCUT2D eigenvalue weighted by molar-refractivity contribution is 14.0. The van der Waals surface area contributed by atoms with Crippen LogP contribution < -0.4 is 10.6 Å². The highest BCUT2D eigenvalue weighted by Crippen LogP contribution is 2.00. The monoisotopic (exact) mass is 418 g/mol. The number of nitrogens with one attached hydrogen (secondary N) is 2. The predicted molar refractivity (Wildman–Crippen MR) is 107 cm³/mol. The standard InChI is InChI=1S/C17H30N4.HI/c1-5-18-17(19-13-15(4)21(6-2)7-3)20-14-16-11-9-8-10-12-16;/h8-12,15H,5-7,13-14H2,1-4H3,(H2,18,19,20);1H. The molecule has 2 N–H and O–H groups in total. The van der Waals surface area contributed by atoms with Gasteiger partial charge in [-0.2, -0.15) is 0 Å². The van der Waals surface area contributed by atoms with Gasteiger partial charge in [-0.3, -0.25) is 4.90 Å². The van der Waals surface area contributed by atoms with Crippen LogP contribution in [0.15, 0.2) is 35.3 Å². The number of rotatable bonds is 8. The summed E-state index contributed by atoms with van der Waals surface area (Å²) in [4.78, 5) is 7.08. The summed E-state index contributed by atoms with van der Waals surface area (Å²) in [6, 6.07) is 10.8. The zero-order valence-electron chi connectivity index (χ0n) is 14.3. The maximum absolute atomic E-state index is 4.64. The molecule has 0 bridgehead atoms. The van der Waals surface area contributed by atoms with Crippen LogP contribution in [0.1, 0.15) is 33.3 Å². The van der Waals surface area contributed by atoms with Crippen LogP contribution in [-0.4, -0.2) is 43.1 Å². The molecule has 1 aromatic rings. The largest absolute Gasteiger partial charge is 0.357 e. The lowest BCUT2D eigenvalue weighted by Gasteiger charge is -2.27. The van der Waals surface area contributed by atoms with Crippen molar-refractivity contribution in [3.63, 3.8) is 0 Å². The van der Waals surface area contributed by atoms with Gasteiger partial charge >= 0.3 is 0 Å². The van der Waals surface area contributed by atoms with E-state index in [0.29, 0.717) is 12.6 Å². The van der Waals surface area contributed by atoms with Crippen LogP contribution in [0.25, 0.3) is 0 Å². The summed E-state index contributed by atoms with van der Waals surface area (Å²) in [5, 5.41) is 6.74. The second-order valence-corrected chi connectivity index (χ2v) is 5.13. The van der Waals surface area contributed by atoms with Crippen LogP contribution in [0.5, 0.6) is 0 Å². The molecule has 0 aromatic heterocycles. The zero-order valence-corrected chi connectivity index (χ0v) is 16.6. The van der Waals surface area contributed by atoms with Gasteiger partial charge in [0.15, 0.2) is 5.96 Å². The third-order valence-corrected chi connectivity index (χ3v) is 3.61. The normalized spacial score (nSPS) is 12.7.